The molecule has 0 amide bonds. The first-order valence-electron chi connectivity index (χ1n) is 5.78. The molecule has 8 heteroatoms. The number of hydrogen-bond donors (Lipinski definition) is 0. The second-order valence-electron chi connectivity index (χ2n) is 3.92. The largest absolute Gasteiger partial charge is 0.250 e. The van der Waals surface area contributed by atoms with Gasteiger partial charge in [-0.3, -0.25) is 0 Å². The highest BCUT2D eigenvalue weighted by molar-refractivity contribution is 5.72. The summed E-state index contributed by atoms with van der Waals surface area (Å²) in [7, 11) is 0. The van der Waals surface area contributed by atoms with Gasteiger partial charge in [0.1, 0.15) is 11.0 Å². The molecule has 0 radical (unpaired) electrons. The third-order valence-electron chi connectivity index (χ3n) is 2.65. The van der Waals surface area contributed by atoms with E-state index in [0.29, 0.717) is 34.0 Å². The van der Waals surface area contributed by atoms with E-state index in [0.717, 1.165) is 0 Å². The molecule has 0 aliphatic heterocycles. The van der Waals surface area contributed by atoms with Crippen LogP contribution in [-0.2, 0) is 0 Å². The first kappa shape index (κ1) is 10.7. The zero-order chi connectivity index (χ0) is 13.4. The number of rotatable bonds is 1. The second kappa shape index (κ2) is 4.19. The Hall–Kier alpha value is -3.16. The van der Waals surface area contributed by atoms with Crippen molar-refractivity contribution >= 4 is 22.3 Å². The first-order chi connectivity index (χ1) is 9.90. The van der Waals surface area contributed by atoms with Crippen molar-refractivity contribution in [3.05, 3.63) is 37.2 Å². The summed E-state index contributed by atoms with van der Waals surface area (Å²) in [6, 6.07) is 0. The molecule has 0 saturated carbocycles. The first-order valence-corrected chi connectivity index (χ1v) is 5.78. The molecule has 20 heavy (non-hydrogen) atoms. The van der Waals surface area contributed by atoms with Gasteiger partial charge in [-0.1, -0.05) is 0 Å². The topological polar surface area (TPSA) is 103 Å². The molecule has 94 valence electrons. The Balaban J connectivity index is 1.91. The minimum Gasteiger partial charge on any atom is -0.250 e. The van der Waals surface area contributed by atoms with Gasteiger partial charge in [0, 0.05) is 24.8 Å². The lowest BCUT2D eigenvalue weighted by molar-refractivity contribution is 1.08. The van der Waals surface area contributed by atoms with Gasteiger partial charge in [-0.25, -0.2) is 39.9 Å². The van der Waals surface area contributed by atoms with Gasteiger partial charge in [0.05, 0.1) is 12.4 Å². The summed E-state index contributed by atoms with van der Waals surface area (Å²) in [5.41, 5.74) is 2.24. The summed E-state index contributed by atoms with van der Waals surface area (Å²) in [5.74, 6) is 0.760. The molecule has 0 fully saturated rings. The van der Waals surface area contributed by atoms with Crippen molar-refractivity contribution in [3.63, 3.8) is 0 Å². The minimum atomic E-state index is 0.380. The summed E-state index contributed by atoms with van der Waals surface area (Å²) < 4.78 is 0. The van der Waals surface area contributed by atoms with Crippen LogP contribution >= 0.6 is 0 Å². The maximum atomic E-state index is 4.29. The van der Waals surface area contributed by atoms with E-state index < -0.39 is 0 Å². The average molecular weight is 262 g/mol. The zero-order valence-electron chi connectivity index (χ0n) is 10.0. The lowest BCUT2D eigenvalue weighted by atomic mass is 10.4. The van der Waals surface area contributed by atoms with Crippen molar-refractivity contribution < 1.29 is 0 Å². The van der Waals surface area contributed by atoms with Crippen LogP contribution in [-0.4, -0.2) is 39.9 Å². The number of fused-ring (bicyclic) bond motifs is 2. The molecule has 4 heterocycles. The fourth-order valence-corrected chi connectivity index (χ4v) is 1.76. The number of hydrogen-bond acceptors (Lipinski definition) is 8. The van der Waals surface area contributed by atoms with E-state index >= 15 is 0 Å². The molecule has 4 aromatic rings. The molecular weight excluding hydrogens is 256 g/mol. The van der Waals surface area contributed by atoms with Crippen LogP contribution in [0.1, 0.15) is 0 Å². The molecule has 0 unspecified atom stereocenters. The third kappa shape index (κ3) is 1.70. The lowest BCUT2D eigenvalue weighted by Gasteiger charge is -2.00. The van der Waals surface area contributed by atoms with Gasteiger partial charge in [0.2, 0.25) is 0 Å². The summed E-state index contributed by atoms with van der Waals surface area (Å²) >= 11 is 0. The van der Waals surface area contributed by atoms with Crippen LogP contribution in [0.3, 0.4) is 0 Å². The summed E-state index contributed by atoms with van der Waals surface area (Å²) in [6.45, 7) is 0. The van der Waals surface area contributed by atoms with Crippen molar-refractivity contribution in [1.29, 1.82) is 0 Å². The summed E-state index contributed by atoms with van der Waals surface area (Å²) in [4.78, 5) is 33.5. The van der Waals surface area contributed by atoms with Crippen LogP contribution in [0.25, 0.3) is 34.0 Å². The van der Waals surface area contributed by atoms with Crippen LogP contribution in [0.5, 0.6) is 0 Å². The van der Waals surface area contributed by atoms with E-state index in [2.05, 4.69) is 39.9 Å². The number of aromatic nitrogens is 8. The summed E-state index contributed by atoms with van der Waals surface area (Å²) in [5, 5.41) is 0. The van der Waals surface area contributed by atoms with Crippen molar-refractivity contribution in [2.75, 3.05) is 0 Å². The van der Waals surface area contributed by atoms with Gasteiger partial charge in [0.15, 0.2) is 22.9 Å². The molecule has 0 atom stereocenters. The molecule has 0 spiro atoms. The van der Waals surface area contributed by atoms with Crippen LogP contribution < -0.4 is 0 Å². The van der Waals surface area contributed by atoms with Gasteiger partial charge in [-0.05, 0) is 0 Å². The zero-order valence-corrected chi connectivity index (χ0v) is 10.0. The molecule has 8 nitrogen and oxygen atoms in total. The van der Waals surface area contributed by atoms with E-state index in [-0.39, 0.29) is 0 Å². The van der Waals surface area contributed by atoms with Crippen molar-refractivity contribution in [2.45, 2.75) is 0 Å². The average Bonchev–Trinajstić information content (AvgIpc) is 2.54. The van der Waals surface area contributed by atoms with E-state index in [1.54, 1.807) is 37.2 Å². The lowest BCUT2D eigenvalue weighted by Crippen LogP contribution is -1.98. The third-order valence-corrected chi connectivity index (χ3v) is 2.65. The van der Waals surface area contributed by atoms with Gasteiger partial charge in [-0.15, -0.1) is 0 Å². The molecule has 0 saturated heterocycles. The Bertz CT molecular complexity index is 846. The molecule has 4 rings (SSSR count). The molecule has 0 aliphatic rings. The van der Waals surface area contributed by atoms with Crippen LogP contribution in [0, 0.1) is 0 Å². The van der Waals surface area contributed by atoms with E-state index in [1.165, 1.54) is 0 Å². The van der Waals surface area contributed by atoms with Crippen LogP contribution in [0.15, 0.2) is 37.2 Å². The van der Waals surface area contributed by atoms with Gasteiger partial charge < -0.3 is 0 Å². The maximum Gasteiger partial charge on any atom is 0.199 e. The standard InChI is InChI=1S/C12H6N8/c1-3-15-9-7(13-1)5-17-11(19-9)12-18-6-8-10(20-12)16-4-2-14-8/h1-6H. The quantitative estimate of drug-likeness (QED) is 0.496. The molecule has 4 aromatic heterocycles. The van der Waals surface area contributed by atoms with Gasteiger partial charge in [0.25, 0.3) is 0 Å². The number of nitrogens with zero attached hydrogens (tertiary/aromatic N) is 8. The van der Waals surface area contributed by atoms with Gasteiger partial charge >= 0.3 is 0 Å². The predicted octanol–water partition coefficient (Wildman–Crippen LogP) is 0.820. The Morgan fingerprint density at radius 3 is 1.45 bits per heavy atom. The SMILES string of the molecule is c1cnc2nc(-c3ncc4nccnc4n3)ncc2n1. The Kier molecular flexibility index (Phi) is 2.25. The monoisotopic (exact) mass is 262 g/mol. The Morgan fingerprint density at radius 1 is 0.500 bits per heavy atom. The summed E-state index contributed by atoms with van der Waals surface area (Å²) in [6.07, 6.45) is 9.52. The van der Waals surface area contributed by atoms with Gasteiger partial charge in [-0.2, -0.15) is 0 Å². The maximum absolute atomic E-state index is 4.29. The highest BCUT2D eigenvalue weighted by Gasteiger charge is 2.09. The molecular formula is C12H6N8. The van der Waals surface area contributed by atoms with Crippen molar-refractivity contribution in [1.82, 2.24) is 39.9 Å². The highest BCUT2D eigenvalue weighted by Crippen LogP contribution is 2.13. The van der Waals surface area contributed by atoms with Crippen LogP contribution in [0.4, 0.5) is 0 Å². The smallest absolute Gasteiger partial charge is 0.199 e. The fraction of sp³-hybridized carbons (Fsp3) is 0. The predicted molar refractivity (Wildman–Crippen MR) is 69.3 cm³/mol. The minimum absolute atomic E-state index is 0.380. The fourth-order valence-electron chi connectivity index (χ4n) is 1.76. The van der Waals surface area contributed by atoms with Crippen molar-refractivity contribution in [2.24, 2.45) is 0 Å². The molecule has 0 aromatic carbocycles. The van der Waals surface area contributed by atoms with E-state index in [9.17, 15) is 0 Å². The Morgan fingerprint density at radius 2 is 0.950 bits per heavy atom. The Labute approximate surface area is 112 Å². The van der Waals surface area contributed by atoms with E-state index in [4.69, 9.17) is 0 Å². The van der Waals surface area contributed by atoms with E-state index in [1.807, 2.05) is 0 Å². The second-order valence-corrected chi connectivity index (χ2v) is 3.92. The molecule has 0 aliphatic carbocycles. The van der Waals surface area contributed by atoms with Crippen LogP contribution in [0.2, 0.25) is 0 Å². The molecule has 0 N–H and O–H groups in total. The highest BCUT2D eigenvalue weighted by atomic mass is 15.0. The molecule has 0 bridgehead atoms. The van der Waals surface area contributed by atoms with Crippen molar-refractivity contribution in [3.8, 4) is 11.6 Å². The normalized spacial score (nSPS) is 11.0.